The Kier molecular flexibility index (Phi) is 7.71. The molecule has 0 aliphatic carbocycles. The molecule has 1 aromatic carbocycles. The van der Waals surface area contributed by atoms with Crippen LogP contribution in [0.25, 0.3) is 0 Å². The van der Waals surface area contributed by atoms with E-state index >= 15 is 0 Å². The maximum atomic E-state index is 12.1. The molecule has 0 spiro atoms. The molecule has 0 heterocycles. The van der Waals surface area contributed by atoms with Gasteiger partial charge in [-0.1, -0.05) is 6.07 Å². The topological polar surface area (TPSA) is 45.7 Å². The lowest BCUT2D eigenvalue weighted by molar-refractivity contribution is -0.132. The van der Waals surface area contributed by atoms with E-state index in [1.807, 2.05) is 32.9 Å². The standard InChI is InChI=1S/C16H24F3N3O/c1-4-20-15(21-6-5-16(17,18)19)22-7-8-23-14-10-12(2)9-13(3)11-14/h9-11H,4-8H2,1-3H3,(H2,20,21,22). The van der Waals surface area contributed by atoms with E-state index in [-0.39, 0.29) is 6.54 Å². The lowest BCUT2D eigenvalue weighted by atomic mass is 10.1. The molecular formula is C16H24F3N3O. The molecule has 0 aliphatic heterocycles. The van der Waals surface area contributed by atoms with Crippen LogP contribution in [-0.2, 0) is 0 Å². The first kappa shape index (κ1) is 19.1. The number of alkyl halides is 3. The van der Waals surface area contributed by atoms with Gasteiger partial charge in [-0.3, -0.25) is 4.99 Å². The summed E-state index contributed by atoms with van der Waals surface area (Å²) in [5, 5.41) is 5.85. The molecule has 7 heteroatoms. The first-order valence-corrected chi connectivity index (χ1v) is 7.60. The summed E-state index contributed by atoms with van der Waals surface area (Å²) in [5.74, 6) is 1.14. The van der Waals surface area contributed by atoms with E-state index in [9.17, 15) is 13.2 Å². The number of nitrogens with zero attached hydrogens (tertiary/aromatic N) is 1. The van der Waals surface area contributed by atoms with Gasteiger partial charge in [-0.05, 0) is 44.0 Å². The van der Waals surface area contributed by atoms with Crippen LogP contribution < -0.4 is 15.4 Å². The Hall–Kier alpha value is -1.92. The third-order valence-electron chi connectivity index (χ3n) is 2.87. The molecule has 0 saturated carbocycles. The number of guanidine groups is 1. The average Bonchev–Trinajstić information content (AvgIpc) is 2.41. The van der Waals surface area contributed by atoms with Crippen LogP contribution >= 0.6 is 0 Å². The van der Waals surface area contributed by atoms with E-state index in [4.69, 9.17) is 4.74 Å². The van der Waals surface area contributed by atoms with Crippen molar-refractivity contribution in [1.29, 1.82) is 0 Å². The molecule has 0 fully saturated rings. The Balaban J connectivity index is 2.38. The largest absolute Gasteiger partial charge is 0.492 e. The van der Waals surface area contributed by atoms with Crippen molar-refractivity contribution < 1.29 is 17.9 Å². The normalized spacial score (nSPS) is 12.2. The Morgan fingerprint density at radius 3 is 2.35 bits per heavy atom. The second-order valence-electron chi connectivity index (χ2n) is 5.22. The van der Waals surface area contributed by atoms with Gasteiger partial charge >= 0.3 is 6.18 Å². The summed E-state index contributed by atoms with van der Waals surface area (Å²) < 4.78 is 42.0. The molecule has 2 N–H and O–H groups in total. The van der Waals surface area contributed by atoms with Gasteiger partial charge in [0.25, 0.3) is 0 Å². The number of aryl methyl sites for hydroxylation is 2. The number of aliphatic imine (C=N–C) groups is 1. The molecule has 23 heavy (non-hydrogen) atoms. The molecule has 4 nitrogen and oxygen atoms in total. The highest BCUT2D eigenvalue weighted by molar-refractivity contribution is 5.79. The average molecular weight is 331 g/mol. The monoisotopic (exact) mass is 331 g/mol. The van der Waals surface area contributed by atoms with Crippen LogP contribution in [0.4, 0.5) is 13.2 Å². The van der Waals surface area contributed by atoms with Crippen molar-refractivity contribution in [2.75, 3.05) is 26.2 Å². The minimum atomic E-state index is -4.19. The van der Waals surface area contributed by atoms with Crippen LogP contribution in [0.3, 0.4) is 0 Å². The summed E-state index contributed by atoms with van der Waals surface area (Å²) in [7, 11) is 0. The fourth-order valence-corrected chi connectivity index (χ4v) is 1.99. The molecule has 0 radical (unpaired) electrons. The molecular weight excluding hydrogens is 307 g/mol. The summed E-state index contributed by atoms with van der Waals surface area (Å²) in [5.41, 5.74) is 2.24. The maximum Gasteiger partial charge on any atom is 0.390 e. The second-order valence-corrected chi connectivity index (χ2v) is 5.22. The first-order chi connectivity index (χ1) is 10.8. The van der Waals surface area contributed by atoms with Crippen LogP contribution in [-0.4, -0.2) is 38.4 Å². The zero-order valence-electron chi connectivity index (χ0n) is 13.8. The summed E-state index contributed by atoms with van der Waals surface area (Å²) >= 11 is 0. The van der Waals surface area contributed by atoms with E-state index < -0.39 is 12.6 Å². The predicted octanol–water partition coefficient (Wildman–Crippen LogP) is 3.19. The highest BCUT2D eigenvalue weighted by Gasteiger charge is 2.26. The van der Waals surface area contributed by atoms with Gasteiger partial charge < -0.3 is 15.4 Å². The molecule has 0 aromatic heterocycles. The quantitative estimate of drug-likeness (QED) is 0.458. The van der Waals surface area contributed by atoms with Crippen molar-refractivity contribution in [3.8, 4) is 5.75 Å². The van der Waals surface area contributed by atoms with Gasteiger partial charge in [0.1, 0.15) is 12.4 Å². The fourth-order valence-electron chi connectivity index (χ4n) is 1.99. The number of ether oxygens (including phenoxy) is 1. The Morgan fingerprint density at radius 1 is 1.13 bits per heavy atom. The number of hydrogen-bond donors (Lipinski definition) is 2. The molecule has 0 amide bonds. The lowest BCUT2D eigenvalue weighted by Crippen LogP contribution is -2.39. The summed E-state index contributed by atoms with van der Waals surface area (Å²) in [6.45, 7) is 6.97. The maximum absolute atomic E-state index is 12.1. The lowest BCUT2D eigenvalue weighted by Gasteiger charge is -2.13. The van der Waals surface area contributed by atoms with Crippen molar-refractivity contribution in [2.24, 2.45) is 4.99 Å². The molecule has 0 atom stereocenters. The van der Waals surface area contributed by atoms with Gasteiger partial charge in [-0.25, -0.2) is 0 Å². The third-order valence-corrected chi connectivity index (χ3v) is 2.87. The first-order valence-electron chi connectivity index (χ1n) is 7.60. The SMILES string of the molecule is CCNC(=NCCC(F)(F)F)NCCOc1cc(C)cc(C)c1. The van der Waals surface area contributed by atoms with Crippen molar-refractivity contribution in [3.63, 3.8) is 0 Å². The van der Waals surface area contributed by atoms with Gasteiger partial charge in [0.2, 0.25) is 0 Å². The smallest absolute Gasteiger partial charge is 0.390 e. The predicted molar refractivity (Wildman–Crippen MR) is 86.1 cm³/mol. The van der Waals surface area contributed by atoms with Crippen LogP contribution in [0.15, 0.2) is 23.2 Å². The van der Waals surface area contributed by atoms with E-state index in [0.717, 1.165) is 16.9 Å². The van der Waals surface area contributed by atoms with Crippen LogP contribution in [0.1, 0.15) is 24.5 Å². The van der Waals surface area contributed by atoms with Crippen LogP contribution in [0, 0.1) is 13.8 Å². The molecule has 0 bridgehead atoms. The zero-order chi connectivity index (χ0) is 17.3. The van der Waals surface area contributed by atoms with Crippen molar-refractivity contribution in [2.45, 2.75) is 33.4 Å². The van der Waals surface area contributed by atoms with Gasteiger partial charge in [0.05, 0.1) is 19.5 Å². The highest BCUT2D eigenvalue weighted by Crippen LogP contribution is 2.19. The van der Waals surface area contributed by atoms with E-state index in [0.29, 0.717) is 25.7 Å². The Labute approximate surface area is 135 Å². The number of hydrogen-bond acceptors (Lipinski definition) is 2. The highest BCUT2D eigenvalue weighted by atomic mass is 19.4. The summed E-state index contributed by atoms with van der Waals surface area (Å²) in [6, 6.07) is 5.94. The minimum absolute atomic E-state index is 0.295. The van der Waals surface area contributed by atoms with E-state index in [2.05, 4.69) is 21.7 Å². The molecule has 130 valence electrons. The van der Waals surface area contributed by atoms with Crippen LogP contribution in [0.5, 0.6) is 5.75 Å². The Morgan fingerprint density at radius 2 is 1.78 bits per heavy atom. The van der Waals surface area contributed by atoms with Gasteiger partial charge in [-0.2, -0.15) is 13.2 Å². The summed E-state index contributed by atoms with van der Waals surface area (Å²) in [4.78, 5) is 3.89. The molecule has 1 rings (SSSR count). The summed E-state index contributed by atoms with van der Waals surface area (Å²) in [6.07, 6.45) is -5.12. The number of halogens is 3. The van der Waals surface area contributed by atoms with Crippen molar-refractivity contribution in [1.82, 2.24) is 10.6 Å². The van der Waals surface area contributed by atoms with E-state index in [1.54, 1.807) is 0 Å². The minimum Gasteiger partial charge on any atom is -0.492 e. The van der Waals surface area contributed by atoms with E-state index in [1.165, 1.54) is 0 Å². The number of benzene rings is 1. The molecule has 0 saturated heterocycles. The van der Waals surface area contributed by atoms with Gasteiger partial charge in [-0.15, -0.1) is 0 Å². The molecule has 0 aliphatic rings. The van der Waals surface area contributed by atoms with Crippen molar-refractivity contribution in [3.05, 3.63) is 29.3 Å². The molecule has 0 unspecified atom stereocenters. The third kappa shape index (κ3) is 8.95. The Bertz CT molecular complexity index is 496. The van der Waals surface area contributed by atoms with Gasteiger partial charge in [0.15, 0.2) is 5.96 Å². The van der Waals surface area contributed by atoms with Crippen molar-refractivity contribution >= 4 is 5.96 Å². The fraction of sp³-hybridized carbons (Fsp3) is 0.562. The zero-order valence-corrected chi connectivity index (χ0v) is 13.8. The van der Waals surface area contributed by atoms with Crippen LogP contribution in [0.2, 0.25) is 0 Å². The van der Waals surface area contributed by atoms with Gasteiger partial charge in [0, 0.05) is 6.54 Å². The molecule has 1 aromatic rings. The number of nitrogens with one attached hydrogen (secondary N) is 2. The number of rotatable bonds is 7. The second kappa shape index (κ2) is 9.27.